The quantitative estimate of drug-likeness (QED) is 0.536. The van der Waals surface area contributed by atoms with Crippen molar-refractivity contribution in [3.05, 3.63) is 83.4 Å². The number of rotatable bonds is 7. The van der Waals surface area contributed by atoms with E-state index in [1.54, 1.807) is 56.3 Å². The topological polar surface area (TPSA) is 95.9 Å². The minimum atomic E-state index is -0.998. The molecule has 0 aromatic heterocycles. The van der Waals surface area contributed by atoms with Crippen molar-refractivity contribution in [2.45, 2.75) is 26.4 Å². The third kappa shape index (κ3) is 4.37. The van der Waals surface area contributed by atoms with Crippen molar-refractivity contribution in [1.82, 2.24) is 4.90 Å². The minimum Gasteiger partial charge on any atom is -0.496 e. The van der Waals surface area contributed by atoms with Crippen LogP contribution in [0.4, 0.5) is 5.69 Å². The molecular formula is C27H26N2O5. The number of carbonyl (C=O) groups is 3. The molecule has 3 aromatic carbocycles. The molecule has 0 aliphatic carbocycles. The predicted molar refractivity (Wildman–Crippen MR) is 129 cm³/mol. The zero-order valence-corrected chi connectivity index (χ0v) is 19.2. The van der Waals surface area contributed by atoms with E-state index in [0.717, 1.165) is 16.7 Å². The second-order valence-corrected chi connectivity index (χ2v) is 8.56. The van der Waals surface area contributed by atoms with Crippen LogP contribution in [-0.2, 0) is 11.3 Å². The van der Waals surface area contributed by atoms with Gasteiger partial charge in [0.05, 0.1) is 12.7 Å². The van der Waals surface area contributed by atoms with Crippen molar-refractivity contribution in [2.75, 3.05) is 12.4 Å². The number of nitrogens with zero attached hydrogens (tertiary/aromatic N) is 1. The Balaban J connectivity index is 1.52. The monoisotopic (exact) mass is 458 g/mol. The van der Waals surface area contributed by atoms with Crippen LogP contribution < -0.4 is 10.1 Å². The molecule has 2 N–H and O–H groups in total. The van der Waals surface area contributed by atoms with Gasteiger partial charge in [-0.2, -0.15) is 0 Å². The van der Waals surface area contributed by atoms with E-state index in [-0.39, 0.29) is 24.3 Å². The van der Waals surface area contributed by atoms with Crippen molar-refractivity contribution in [2.24, 2.45) is 5.92 Å². The summed E-state index contributed by atoms with van der Waals surface area (Å²) in [6.07, 6.45) is 0. The molecule has 2 amide bonds. The number of benzene rings is 3. The lowest BCUT2D eigenvalue weighted by molar-refractivity contribution is -0.144. The highest BCUT2D eigenvalue weighted by atomic mass is 16.5. The molecular weight excluding hydrogens is 432 g/mol. The fourth-order valence-electron chi connectivity index (χ4n) is 4.28. The van der Waals surface area contributed by atoms with Gasteiger partial charge < -0.3 is 20.1 Å². The molecule has 0 spiro atoms. The lowest BCUT2D eigenvalue weighted by atomic mass is 10.00. The number of anilines is 1. The first-order valence-corrected chi connectivity index (χ1v) is 11.0. The standard InChI is InChI=1S/C27H26N2O5/c1-16(2)24(27(32)33)29-15-19-9-8-18(14-22(19)26(29)31)17-10-12-20(13-11-17)28-25(30)21-6-4-5-7-23(21)34-3/h4-14,16,24H,15H2,1-3H3,(H,28,30)(H,32,33)/t24-/m0/s1. The molecule has 1 aliphatic heterocycles. The Morgan fingerprint density at radius 3 is 2.32 bits per heavy atom. The van der Waals surface area contributed by atoms with Gasteiger partial charge in [-0.1, -0.05) is 50.2 Å². The average molecular weight is 459 g/mol. The third-order valence-electron chi connectivity index (χ3n) is 5.99. The first-order chi connectivity index (χ1) is 16.3. The summed E-state index contributed by atoms with van der Waals surface area (Å²) in [4.78, 5) is 38.8. The van der Waals surface area contributed by atoms with Gasteiger partial charge in [-0.15, -0.1) is 0 Å². The zero-order valence-electron chi connectivity index (χ0n) is 19.2. The van der Waals surface area contributed by atoms with E-state index in [1.165, 1.54) is 12.0 Å². The normalized spacial score (nSPS) is 13.5. The molecule has 0 unspecified atom stereocenters. The van der Waals surface area contributed by atoms with Crippen LogP contribution in [0.2, 0.25) is 0 Å². The van der Waals surface area contributed by atoms with Gasteiger partial charge in [0.25, 0.3) is 11.8 Å². The highest BCUT2D eigenvalue weighted by Crippen LogP contribution is 2.31. The summed E-state index contributed by atoms with van der Waals surface area (Å²) in [6, 6.07) is 19.1. The zero-order chi connectivity index (χ0) is 24.4. The van der Waals surface area contributed by atoms with E-state index in [2.05, 4.69) is 5.32 Å². The maximum absolute atomic E-state index is 13.0. The number of nitrogens with one attached hydrogen (secondary N) is 1. The number of fused-ring (bicyclic) bond motifs is 1. The third-order valence-corrected chi connectivity index (χ3v) is 5.99. The van der Waals surface area contributed by atoms with Gasteiger partial charge in [0.2, 0.25) is 0 Å². The molecule has 1 atom stereocenters. The molecule has 0 saturated carbocycles. The summed E-state index contributed by atoms with van der Waals surface area (Å²) < 4.78 is 5.25. The number of carboxylic acids is 1. The van der Waals surface area contributed by atoms with Crippen LogP contribution in [0.15, 0.2) is 66.7 Å². The van der Waals surface area contributed by atoms with Gasteiger partial charge in [-0.3, -0.25) is 9.59 Å². The number of carbonyl (C=O) groups excluding carboxylic acids is 2. The van der Waals surface area contributed by atoms with E-state index in [4.69, 9.17) is 4.74 Å². The number of para-hydroxylation sites is 1. The average Bonchev–Trinajstić information content (AvgIpc) is 3.14. The Hall–Kier alpha value is -4.13. The van der Waals surface area contributed by atoms with E-state index in [9.17, 15) is 19.5 Å². The number of ether oxygens (including phenoxy) is 1. The van der Waals surface area contributed by atoms with Crippen molar-refractivity contribution < 1.29 is 24.2 Å². The van der Waals surface area contributed by atoms with E-state index < -0.39 is 12.0 Å². The summed E-state index contributed by atoms with van der Waals surface area (Å²) in [6.45, 7) is 3.89. The van der Waals surface area contributed by atoms with Gasteiger partial charge in [0, 0.05) is 17.8 Å². The Bertz CT molecular complexity index is 1250. The maximum atomic E-state index is 13.0. The smallest absolute Gasteiger partial charge is 0.326 e. The van der Waals surface area contributed by atoms with Crippen LogP contribution in [0.5, 0.6) is 5.75 Å². The lowest BCUT2D eigenvalue weighted by Crippen LogP contribution is -2.44. The molecule has 3 aromatic rings. The van der Waals surface area contributed by atoms with Crippen molar-refractivity contribution in [3.8, 4) is 16.9 Å². The molecule has 0 fully saturated rings. The fraction of sp³-hybridized carbons (Fsp3) is 0.222. The van der Waals surface area contributed by atoms with Crippen LogP contribution in [0.1, 0.15) is 40.1 Å². The van der Waals surface area contributed by atoms with Gasteiger partial charge in [0.15, 0.2) is 0 Å². The van der Waals surface area contributed by atoms with Gasteiger partial charge in [-0.05, 0) is 52.9 Å². The highest BCUT2D eigenvalue weighted by molar-refractivity contribution is 6.06. The number of methoxy groups -OCH3 is 1. The van der Waals surface area contributed by atoms with Crippen LogP contribution >= 0.6 is 0 Å². The molecule has 0 radical (unpaired) electrons. The van der Waals surface area contributed by atoms with Crippen LogP contribution in [0.3, 0.4) is 0 Å². The summed E-state index contributed by atoms with van der Waals surface area (Å²) in [5.74, 6) is -1.24. The van der Waals surface area contributed by atoms with E-state index >= 15 is 0 Å². The van der Waals surface area contributed by atoms with Gasteiger partial charge in [-0.25, -0.2) is 4.79 Å². The molecule has 0 bridgehead atoms. The first kappa shape index (κ1) is 23.0. The van der Waals surface area contributed by atoms with E-state index in [1.807, 2.05) is 24.3 Å². The lowest BCUT2D eigenvalue weighted by Gasteiger charge is -2.27. The Morgan fingerprint density at radius 2 is 1.68 bits per heavy atom. The second-order valence-electron chi connectivity index (χ2n) is 8.56. The number of hydrogen-bond donors (Lipinski definition) is 2. The number of amides is 2. The summed E-state index contributed by atoms with van der Waals surface area (Å²) >= 11 is 0. The Morgan fingerprint density at radius 1 is 1.00 bits per heavy atom. The van der Waals surface area contributed by atoms with Crippen molar-refractivity contribution >= 4 is 23.5 Å². The maximum Gasteiger partial charge on any atom is 0.326 e. The summed E-state index contributed by atoms with van der Waals surface area (Å²) in [5.41, 5.74) is 4.14. The van der Waals surface area contributed by atoms with Crippen molar-refractivity contribution in [1.29, 1.82) is 0 Å². The molecule has 1 aliphatic rings. The van der Waals surface area contributed by atoms with E-state index in [0.29, 0.717) is 22.6 Å². The molecule has 34 heavy (non-hydrogen) atoms. The second kappa shape index (κ2) is 9.39. The van der Waals surface area contributed by atoms with Gasteiger partial charge >= 0.3 is 5.97 Å². The molecule has 1 heterocycles. The summed E-state index contributed by atoms with van der Waals surface area (Å²) in [7, 11) is 1.52. The molecule has 7 heteroatoms. The predicted octanol–water partition coefficient (Wildman–Crippen LogP) is 4.68. The number of aliphatic carboxylic acids is 1. The largest absolute Gasteiger partial charge is 0.496 e. The molecule has 174 valence electrons. The van der Waals surface area contributed by atoms with Crippen LogP contribution in [0, 0.1) is 5.92 Å². The number of hydrogen-bond acceptors (Lipinski definition) is 4. The van der Waals surface area contributed by atoms with Crippen LogP contribution in [-0.4, -0.2) is 40.9 Å². The number of carboxylic acid groups (broad SMARTS) is 1. The highest BCUT2D eigenvalue weighted by Gasteiger charge is 2.38. The first-order valence-electron chi connectivity index (χ1n) is 11.0. The Kier molecular flexibility index (Phi) is 6.36. The minimum absolute atomic E-state index is 0.200. The molecule has 7 nitrogen and oxygen atoms in total. The summed E-state index contributed by atoms with van der Waals surface area (Å²) in [5, 5.41) is 12.5. The molecule has 4 rings (SSSR count). The SMILES string of the molecule is COc1ccccc1C(=O)Nc1ccc(-c2ccc3c(c2)C(=O)N([C@H](C(=O)O)C(C)C)C3)cc1. The molecule has 0 saturated heterocycles. The van der Waals surface area contributed by atoms with Gasteiger partial charge in [0.1, 0.15) is 11.8 Å². The van der Waals surface area contributed by atoms with Crippen LogP contribution in [0.25, 0.3) is 11.1 Å². The van der Waals surface area contributed by atoms with Crippen molar-refractivity contribution in [3.63, 3.8) is 0 Å². The fourth-order valence-corrected chi connectivity index (χ4v) is 4.28. The Labute approximate surface area is 198 Å².